The number of methoxy groups -OCH3 is 1. The molecule has 0 unspecified atom stereocenters. The number of nitrogens with one attached hydrogen (secondary N) is 1. The molecule has 1 N–H and O–H groups in total. The van der Waals surface area contributed by atoms with Crippen LogP contribution in [0.5, 0.6) is 5.88 Å². The third kappa shape index (κ3) is 2.11. The largest absolute Gasteiger partial charge is 0.481 e. The van der Waals surface area contributed by atoms with E-state index in [1.807, 2.05) is 19.1 Å². The SMILES string of the molecule is CCNc1nsnc1-c1ccc(OC)nc1. The van der Waals surface area contributed by atoms with Gasteiger partial charge in [-0.05, 0) is 13.0 Å². The van der Waals surface area contributed by atoms with Gasteiger partial charge in [0.2, 0.25) is 5.88 Å². The van der Waals surface area contributed by atoms with Crippen molar-refractivity contribution in [2.24, 2.45) is 0 Å². The Bertz CT molecular complexity index is 454. The minimum Gasteiger partial charge on any atom is -0.481 e. The highest BCUT2D eigenvalue weighted by Gasteiger charge is 2.09. The van der Waals surface area contributed by atoms with Gasteiger partial charge in [-0.1, -0.05) is 0 Å². The number of rotatable bonds is 4. The van der Waals surface area contributed by atoms with Gasteiger partial charge in [-0.2, -0.15) is 8.75 Å². The first kappa shape index (κ1) is 10.8. The van der Waals surface area contributed by atoms with Gasteiger partial charge in [0.1, 0.15) is 5.69 Å². The highest BCUT2D eigenvalue weighted by molar-refractivity contribution is 6.99. The smallest absolute Gasteiger partial charge is 0.212 e. The fourth-order valence-corrected chi connectivity index (χ4v) is 1.85. The van der Waals surface area contributed by atoms with E-state index < -0.39 is 0 Å². The van der Waals surface area contributed by atoms with Crippen molar-refractivity contribution in [3.05, 3.63) is 18.3 Å². The number of pyridine rings is 1. The summed E-state index contributed by atoms with van der Waals surface area (Å²) in [6, 6.07) is 3.73. The molecular formula is C10H12N4OS. The van der Waals surface area contributed by atoms with Gasteiger partial charge in [0.05, 0.1) is 18.8 Å². The van der Waals surface area contributed by atoms with Crippen LogP contribution in [0.15, 0.2) is 18.3 Å². The molecule has 0 aliphatic rings. The van der Waals surface area contributed by atoms with Gasteiger partial charge < -0.3 is 10.1 Å². The number of aromatic nitrogens is 3. The Morgan fingerprint density at radius 2 is 2.25 bits per heavy atom. The minimum atomic E-state index is 0.594. The summed E-state index contributed by atoms with van der Waals surface area (Å²) in [4.78, 5) is 4.14. The van der Waals surface area contributed by atoms with Crippen LogP contribution in [-0.2, 0) is 0 Å². The van der Waals surface area contributed by atoms with Gasteiger partial charge in [0, 0.05) is 24.4 Å². The molecule has 2 heterocycles. The first-order valence-corrected chi connectivity index (χ1v) is 5.65. The molecule has 2 aromatic heterocycles. The number of hydrogen-bond acceptors (Lipinski definition) is 6. The quantitative estimate of drug-likeness (QED) is 0.880. The Morgan fingerprint density at radius 1 is 1.38 bits per heavy atom. The summed E-state index contributed by atoms with van der Waals surface area (Å²) in [5.41, 5.74) is 1.77. The van der Waals surface area contributed by atoms with Gasteiger partial charge >= 0.3 is 0 Å². The summed E-state index contributed by atoms with van der Waals surface area (Å²) >= 11 is 1.19. The Hall–Kier alpha value is -1.69. The van der Waals surface area contributed by atoms with E-state index in [1.54, 1.807) is 13.3 Å². The summed E-state index contributed by atoms with van der Waals surface area (Å²) in [6.07, 6.45) is 1.73. The van der Waals surface area contributed by atoms with E-state index in [1.165, 1.54) is 11.7 Å². The molecule has 2 aromatic rings. The van der Waals surface area contributed by atoms with Crippen molar-refractivity contribution < 1.29 is 4.74 Å². The molecule has 0 aliphatic carbocycles. The molecule has 16 heavy (non-hydrogen) atoms. The lowest BCUT2D eigenvalue weighted by atomic mass is 10.2. The van der Waals surface area contributed by atoms with E-state index >= 15 is 0 Å². The minimum absolute atomic E-state index is 0.594. The highest BCUT2D eigenvalue weighted by Crippen LogP contribution is 2.25. The molecule has 0 aliphatic heterocycles. The fraction of sp³-hybridized carbons (Fsp3) is 0.300. The first-order valence-electron chi connectivity index (χ1n) is 4.92. The Labute approximate surface area is 97.8 Å². The van der Waals surface area contributed by atoms with Gasteiger partial charge in [0.25, 0.3) is 0 Å². The molecule has 2 rings (SSSR count). The highest BCUT2D eigenvalue weighted by atomic mass is 32.1. The van der Waals surface area contributed by atoms with Gasteiger partial charge in [-0.3, -0.25) is 0 Å². The lowest BCUT2D eigenvalue weighted by Crippen LogP contribution is -1.98. The molecule has 0 spiro atoms. The van der Waals surface area contributed by atoms with Crippen molar-refractivity contribution in [3.63, 3.8) is 0 Å². The van der Waals surface area contributed by atoms with Crippen LogP contribution in [0, 0.1) is 0 Å². The first-order chi connectivity index (χ1) is 7.85. The van der Waals surface area contributed by atoms with E-state index in [0.717, 1.165) is 23.6 Å². The summed E-state index contributed by atoms with van der Waals surface area (Å²) in [6.45, 7) is 2.84. The van der Waals surface area contributed by atoms with Crippen LogP contribution in [0.3, 0.4) is 0 Å². The molecule has 0 bridgehead atoms. The average Bonchev–Trinajstić information content (AvgIpc) is 2.78. The molecular weight excluding hydrogens is 224 g/mol. The Morgan fingerprint density at radius 3 is 2.88 bits per heavy atom. The van der Waals surface area contributed by atoms with Crippen molar-refractivity contribution >= 4 is 17.5 Å². The third-order valence-corrected chi connectivity index (χ3v) is 2.58. The van der Waals surface area contributed by atoms with Gasteiger partial charge in [-0.25, -0.2) is 4.98 Å². The molecule has 0 saturated heterocycles. The lowest BCUT2D eigenvalue weighted by molar-refractivity contribution is 0.398. The number of nitrogens with zero attached hydrogens (tertiary/aromatic N) is 3. The predicted octanol–water partition coefficient (Wildman–Crippen LogP) is 2.04. The van der Waals surface area contributed by atoms with Gasteiger partial charge in [-0.15, -0.1) is 0 Å². The maximum absolute atomic E-state index is 5.00. The Kier molecular flexibility index (Phi) is 3.31. The molecule has 84 valence electrons. The van der Waals surface area contributed by atoms with E-state index in [0.29, 0.717) is 5.88 Å². The molecule has 0 atom stereocenters. The zero-order valence-electron chi connectivity index (χ0n) is 9.10. The summed E-state index contributed by atoms with van der Waals surface area (Å²) in [5.74, 6) is 1.40. The summed E-state index contributed by atoms with van der Waals surface area (Å²) < 4.78 is 13.4. The van der Waals surface area contributed by atoms with Crippen LogP contribution in [0.1, 0.15) is 6.92 Å². The zero-order chi connectivity index (χ0) is 11.4. The van der Waals surface area contributed by atoms with Crippen LogP contribution in [-0.4, -0.2) is 27.4 Å². The van der Waals surface area contributed by atoms with Crippen molar-refractivity contribution in [3.8, 4) is 17.1 Å². The summed E-state index contributed by atoms with van der Waals surface area (Å²) in [5, 5.41) is 3.16. The van der Waals surface area contributed by atoms with E-state index in [-0.39, 0.29) is 0 Å². The van der Waals surface area contributed by atoms with Crippen LogP contribution in [0.4, 0.5) is 5.82 Å². The molecule has 6 heteroatoms. The van der Waals surface area contributed by atoms with Crippen molar-refractivity contribution in [2.75, 3.05) is 19.0 Å². The lowest BCUT2D eigenvalue weighted by Gasteiger charge is -2.02. The van der Waals surface area contributed by atoms with E-state index in [9.17, 15) is 0 Å². The van der Waals surface area contributed by atoms with Crippen LogP contribution < -0.4 is 10.1 Å². The standard InChI is InChI=1S/C10H12N4OS/c1-3-11-10-9(13-16-14-10)7-4-5-8(15-2)12-6-7/h4-6H,3H2,1-2H3,(H,11,14). The second kappa shape index (κ2) is 4.89. The maximum atomic E-state index is 5.00. The normalized spacial score (nSPS) is 10.1. The third-order valence-electron chi connectivity index (χ3n) is 2.05. The molecule has 0 radical (unpaired) electrons. The molecule has 0 aromatic carbocycles. The fourth-order valence-electron chi connectivity index (χ4n) is 1.30. The van der Waals surface area contributed by atoms with E-state index in [4.69, 9.17) is 4.74 Å². The topological polar surface area (TPSA) is 59.9 Å². The van der Waals surface area contributed by atoms with Crippen molar-refractivity contribution in [1.82, 2.24) is 13.7 Å². The van der Waals surface area contributed by atoms with Crippen molar-refractivity contribution in [1.29, 1.82) is 0 Å². The molecule has 0 fully saturated rings. The second-order valence-corrected chi connectivity index (χ2v) is 3.61. The van der Waals surface area contributed by atoms with E-state index in [2.05, 4.69) is 19.0 Å². The molecule has 5 nitrogen and oxygen atoms in total. The number of anilines is 1. The second-order valence-electron chi connectivity index (χ2n) is 3.08. The van der Waals surface area contributed by atoms with Crippen LogP contribution >= 0.6 is 11.7 Å². The predicted molar refractivity (Wildman–Crippen MR) is 63.9 cm³/mol. The van der Waals surface area contributed by atoms with Gasteiger partial charge in [0.15, 0.2) is 5.82 Å². The van der Waals surface area contributed by atoms with Crippen LogP contribution in [0.2, 0.25) is 0 Å². The maximum Gasteiger partial charge on any atom is 0.212 e. The summed E-state index contributed by atoms with van der Waals surface area (Å²) in [7, 11) is 1.59. The zero-order valence-corrected chi connectivity index (χ0v) is 9.91. The number of ether oxygens (including phenoxy) is 1. The monoisotopic (exact) mass is 236 g/mol. The average molecular weight is 236 g/mol. The van der Waals surface area contributed by atoms with Crippen LogP contribution in [0.25, 0.3) is 11.3 Å². The molecule has 0 amide bonds. The number of hydrogen-bond donors (Lipinski definition) is 1. The molecule has 0 saturated carbocycles. The Balaban J connectivity index is 2.31. The van der Waals surface area contributed by atoms with Crippen molar-refractivity contribution in [2.45, 2.75) is 6.92 Å².